The van der Waals surface area contributed by atoms with Gasteiger partial charge in [0.15, 0.2) is 22.9 Å². The number of halogens is 3. The molecule has 12 nitrogen and oxygen atoms in total. The molecule has 0 bridgehead atoms. The van der Waals surface area contributed by atoms with Gasteiger partial charge in [-0.15, -0.1) is 5.10 Å². The maximum absolute atomic E-state index is 14.3. The second-order valence-electron chi connectivity index (χ2n) is 10.3. The van der Waals surface area contributed by atoms with Crippen LogP contribution in [0.5, 0.6) is 23.1 Å². The molecular formula is C29H26ClF2N9O3. The van der Waals surface area contributed by atoms with Crippen LogP contribution in [0.15, 0.2) is 48.8 Å². The number of benzene rings is 1. The van der Waals surface area contributed by atoms with Crippen molar-refractivity contribution < 1.29 is 23.0 Å². The van der Waals surface area contributed by atoms with Crippen LogP contribution in [-0.4, -0.2) is 53.3 Å². The zero-order valence-corrected chi connectivity index (χ0v) is 24.6. The molecule has 0 atom stereocenters. The maximum Gasteiger partial charge on any atom is 0.289 e. The molecule has 5 aromatic heterocycles. The van der Waals surface area contributed by atoms with Crippen molar-refractivity contribution in [2.75, 3.05) is 19.5 Å². The molecule has 1 aliphatic heterocycles. The molecule has 226 valence electrons. The van der Waals surface area contributed by atoms with Crippen LogP contribution >= 0.6 is 11.6 Å². The maximum atomic E-state index is 14.3. The van der Waals surface area contributed by atoms with Crippen LogP contribution in [0.25, 0.3) is 22.2 Å². The summed E-state index contributed by atoms with van der Waals surface area (Å²) >= 11 is 6.78. The Hall–Kier alpha value is -4.98. The first-order chi connectivity index (χ1) is 21.2. The molecule has 6 aromatic rings. The zero-order chi connectivity index (χ0) is 30.6. The molecule has 0 amide bonds. The van der Waals surface area contributed by atoms with E-state index in [0.717, 1.165) is 11.3 Å². The van der Waals surface area contributed by atoms with E-state index < -0.39 is 5.92 Å². The quantitative estimate of drug-likeness (QED) is 0.217. The average molecular weight is 622 g/mol. The fraction of sp³-hybridized carbons (Fsp3) is 0.276. The Morgan fingerprint density at radius 3 is 2.59 bits per heavy atom. The first-order valence-electron chi connectivity index (χ1n) is 13.7. The third-order valence-electron chi connectivity index (χ3n) is 7.50. The normalized spacial score (nSPS) is 14.1. The molecule has 0 unspecified atom stereocenters. The van der Waals surface area contributed by atoms with E-state index in [1.165, 1.54) is 16.9 Å². The van der Waals surface area contributed by atoms with Gasteiger partial charge in [-0.05, 0) is 30.2 Å². The van der Waals surface area contributed by atoms with Crippen LogP contribution in [0.2, 0.25) is 5.02 Å². The molecule has 0 radical (unpaired) electrons. The Balaban J connectivity index is 1.16. The number of imidazole rings is 1. The summed E-state index contributed by atoms with van der Waals surface area (Å²) in [6.45, 7) is 0.906. The average Bonchev–Trinajstić information content (AvgIpc) is 3.69. The topological polar surface area (TPSA) is 119 Å². The minimum absolute atomic E-state index is 0.120. The number of fused-ring (bicyclic) bond motifs is 3. The predicted molar refractivity (Wildman–Crippen MR) is 158 cm³/mol. The lowest BCUT2D eigenvalue weighted by Crippen LogP contribution is -2.25. The lowest BCUT2D eigenvalue weighted by atomic mass is 10.1. The first-order valence-corrected chi connectivity index (χ1v) is 14.1. The van der Waals surface area contributed by atoms with Crippen LogP contribution in [0.3, 0.4) is 0 Å². The van der Waals surface area contributed by atoms with Crippen LogP contribution in [-0.2, 0) is 26.1 Å². The van der Waals surface area contributed by atoms with Crippen molar-refractivity contribution in [2.45, 2.75) is 31.9 Å². The fourth-order valence-electron chi connectivity index (χ4n) is 5.29. The van der Waals surface area contributed by atoms with Gasteiger partial charge in [-0.1, -0.05) is 23.7 Å². The van der Waals surface area contributed by atoms with E-state index in [9.17, 15) is 8.78 Å². The first kappa shape index (κ1) is 27.8. The number of aryl methyl sites for hydroxylation is 2. The second kappa shape index (κ2) is 10.6. The molecular weight excluding hydrogens is 596 g/mol. The molecule has 0 saturated carbocycles. The number of methoxy groups -OCH3 is 2. The number of anilines is 2. The highest BCUT2D eigenvalue weighted by molar-refractivity contribution is 6.36. The number of ether oxygens (including phenoxy) is 3. The van der Waals surface area contributed by atoms with Crippen LogP contribution in [0.4, 0.5) is 20.5 Å². The van der Waals surface area contributed by atoms with Gasteiger partial charge in [-0.2, -0.15) is 18.9 Å². The summed E-state index contributed by atoms with van der Waals surface area (Å²) in [5.74, 6) is -0.496. The summed E-state index contributed by atoms with van der Waals surface area (Å²) in [5.41, 5.74) is 2.34. The highest BCUT2D eigenvalue weighted by atomic mass is 35.5. The summed E-state index contributed by atoms with van der Waals surface area (Å²) in [7, 11) is 4.90. The molecule has 1 N–H and O–H groups in total. The summed E-state index contributed by atoms with van der Waals surface area (Å²) in [6, 6.07) is 10.8. The monoisotopic (exact) mass is 621 g/mol. The smallest absolute Gasteiger partial charge is 0.289 e. The Bertz CT molecular complexity index is 2020. The minimum atomic E-state index is -2.92. The van der Waals surface area contributed by atoms with Crippen molar-refractivity contribution in [3.8, 4) is 23.1 Å². The van der Waals surface area contributed by atoms with Crippen LogP contribution in [0.1, 0.15) is 24.1 Å². The van der Waals surface area contributed by atoms with E-state index in [4.69, 9.17) is 25.8 Å². The number of hydrogen-bond donors (Lipinski definition) is 1. The molecule has 0 spiro atoms. The number of hydrogen-bond acceptors (Lipinski definition) is 9. The second-order valence-corrected chi connectivity index (χ2v) is 10.7. The predicted octanol–water partition coefficient (Wildman–Crippen LogP) is 6.05. The van der Waals surface area contributed by atoms with Gasteiger partial charge in [-0.25, -0.2) is 14.6 Å². The molecule has 0 aliphatic carbocycles. The SMILES string of the molecule is COc1ccc(Cn2nc(OC)c3cc(Oc4cnc5nc(Nc6cc7n(n6)CCCC7(F)F)n(C)c5c4Cl)cnc32)cc1. The van der Waals surface area contributed by atoms with Crippen molar-refractivity contribution in [3.63, 3.8) is 0 Å². The van der Waals surface area contributed by atoms with E-state index in [2.05, 4.69) is 30.5 Å². The van der Waals surface area contributed by atoms with Crippen molar-refractivity contribution in [1.82, 2.24) is 39.1 Å². The Labute approximate surface area is 254 Å². The number of rotatable bonds is 8. The van der Waals surface area contributed by atoms with Gasteiger partial charge in [0, 0.05) is 26.1 Å². The van der Waals surface area contributed by atoms with Gasteiger partial charge >= 0.3 is 0 Å². The zero-order valence-electron chi connectivity index (χ0n) is 23.9. The van der Waals surface area contributed by atoms with Crippen LogP contribution in [0, 0.1) is 0 Å². The molecule has 0 saturated heterocycles. The Morgan fingerprint density at radius 2 is 1.84 bits per heavy atom. The molecule has 0 fully saturated rings. The Kier molecular flexibility index (Phi) is 6.72. The van der Waals surface area contributed by atoms with E-state index in [-0.39, 0.29) is 28.7 Å². The third kappa shape index (κ3) is 4.80. The van der Waals surface area contributed by atoms with Gasteiger partial charge in [0.2, 0.25) is 11.8 Å². The van der Waals surface area contributed by atoms with Crippen LogP contribution < -0.4 is 19.5 Å². The van der Waals surface area contributed by atoms with Gasteiger partial charge in [0.05, 0.1) is 38.5 Å². The number of alkyl halides is 2. The molecule has 44 heavy (non-hydrogen) atoms. The number of aromatic nitrogens is 8. The third-order valence-corrected chi connectivity index (χ3v) is 7.87. The van der Waals surface area contributed by atoms with E-state index >= 15 is 0 Å². The summed E-state index contributed by atoms with van der Waals surface area (Å²) in [5, 5.41) is 12.8. The van der Waals surface area contributed by atoms with Crippen molar-refractivity contribution >= 4 is 45.6 Å². The van der Waals surface area contributed by atoms with Gasteiger partial charge in [0.1, 0.15) is 27.7 Å². The van der Waals surface area contributed by atoms with E-state index in [0.29, 0.717) is 59.3 Å². The lowest BCUT2D eigenvalue weighted by Gasteiger charge is -2.22. The summed E-state index contributed by atoms with van der Waals surface area (Å²) in [6.07, 6.45) is 3.19. The lowest BCUT2D eigenvalue weighted by molar-refractivity contribution is -0.0364. The van der Waals surface area contributed by atoms with Gasteiger partial charge in [0.25, 0.3) is 5.92 Å². The van der Waals surface area contributed by atoms with E-state index in [1.807, 2.05) is 24.3 Å². The van der Waals surface area contributed by atoms with Gasteiger partial charge in [-0.3, -0.25) is 4.68 Å². The molecule has 1 aromatic carbocycles. The molecule has 7 rings (SSSR count). The highest BCUT2D eigenvalue weighted by Crippen LogP contribution is 2.39. The molecule has 6 heterocycles. The number of pyridine rings is 2. The van der Waals surface area contributed by atoms with Crippen molar-refractivity contribution in [2.24, 2.45) is 7.05 Å². The largest absolute Gasteiger partial charge is 0.497 e. The summed E-state index contributed by atoms with van der Waals surface area (Å²) in [4.78, 5) is 13.5. The number of nitrogens with zero attached hydrogens (tertiary/aromatic N) is 8. The fourth-order valence-corrected chi connectivity index (χ4v) is 5.59. The number of nitrogens with one attached hydrogen (secondary N) is 1. The van der Waals surface area contributed by atoms with Crippen molar-refractivity contribution in [1.29, 1.82) is 0 Å². The Morgan fingerprint density at radius 1 is 1.02 bits per heavy atom. The molecule has 15 heteroatoms. The van der Waals surface area contributed by atoms with Crippen molar-refractivity contribution in [3.05, 3.63) is 65.1 Å². The molecule has 1 aliphatic rings. The van der Waals surface area contributed by atoms with E-state index in [1.54, 1.807) is 42.8 Å². The minimum Gasteiger partial charge on any atom is -0.497 e. The van der Waals surface area contributed by atoms with Gasteiger partial charge < -0.3 is 24.1 Å². The summed E-state index contributed by atoms with van der Waals surface area (Å²) < 4.78 is 50.3. The highest BCUT2D eigenvalue weighted by Gasteiger charge is 2.38. The standard InChI is InChI=1S/C29H26ClF2N9O3/c1-39-24-23(30)20(14-33-25(24)36-28(39)35-22-12-21-29(31,32)9-4-10-40(21)37-22)44-18-11-19-26(34-13-18)41(38-27(19)43-3)15-16-5-7-17(42-2)8-6-16/h5-8,11-14H,4,9-10,15H2,1-3H3,(H,33,35,36,37).